The zero-order valence-electron chi connectivity index (χ0n) is 18.6. The van der Waals surface area contributed by atoms with Gasteiger partial charge in [-0.15, -0.1) is 0 Å². The molecule has 3 rings (SSSR count). The third-order valence-electron chi connectivity index (χ3n) is 5.75. The lowest BCUT2D eigenvalue weighted by molar-refractivity contribution is -0.117. The molecule has 162 valence electrons. The molecule has 3 aromatic rings. The molecule has 0 saturated carbocycles. The van der Waals surface area contributed by atoms with Crippen LogP contribution in [0.5, 0.6) is 5.75 Å². The summed E-state index contributed by atoms with van der Waals surface area (Å²) in [5, 5.41) is 12.6. The maximum absolute atomic E-state index is 12.9. The number of amides is 1. The van der Waals surface area contributed by atoms with Gasteiger partial charge in [-0.05, 0) is 63.2 Å². The van der Waals surface area contributed by atoms with Gasteiger partial charge in [0, 0.05) is 11.7 Å². The number of nitrogens with one attached hydrogen (secondary N) is 1. The quantitative estimate of drug-likeness (QED) is 0.589. The van der Waals surface area contributed by atoms with Crippen LogP contribution in [0, 0.1) is 25.2 Å². The van der Waals surface area contributed by atoms with E-state index in [2.05, 4.69) is 11.4 Å². The second kappa shape index (κ2) is 9.54. The summed E-state index contributed by atoms with van der Waals surface area (Å²) in [5.41, 5.74) is 3.33. The molecule has 0 aliphatic carbocycles. The van der Waals surface area contributed by atoms with Crippen LogP contribution in [-0.4, -0.2) is 36.1 Å². The number of hydrogen-bond acceptors (Lipinski definition) is 5. The van der Waals surface area contributed by atoms with Crippen LogP contribution in [0.25, 0.3) is 0 Å². The lowest BCUT2D eigenvalue weighted by Crippen LogP contribution is -2.33. The number of aromatic nitrogens is 1. The summed E-state index contributed by atoms with van der Waals surface area (Å²) in [5.74, 6) is 1.87. The van der Waals surface area contributed by atoms with Crippen molar-refractivity contribution >= 4 is 11.7 Å². The summed E-state index contributed by atoms with van der Waals surface area (Å²) >= 11 is 0. The smallest absolute Gasteiger partial charge is 0.239 e. The van der Waals surface area contributed by atoms with Crippen molar-refractivity contribution in [3.05, 3.63) is 70.8 Å². The van der Waals surface area contributed by atoms with Gasteiger partial charge in [-0.2, -0.15) is 5.26 Å². The van der Waals surface area contributed by atoms with E-state index in [-0.39, 0.29) is 18.5 Å². The molecule has 0 bridgehead atoms. The summed E-state index contributed by atoms with van der Waals surface area (Å²) in [6, 6.07) is 13.8. The van der Waals surface area contributed by atoms with E-state index in [1.54, 1.807) is 13.4 Å². The molecule has 1 unspecified atom stereocenters. The van der Waals surface area contributed by atoms with Crippen LogP contribution in [0.4, 0.5) is 5.82 Å². The first kappa shape index (κ1) is 22.2. The average Bonchev–Trinajstić information content (AvgIpc) is 3.36. The van der Waals surface area contributed by atoms with Crippen molar-refractivity contribution < 1.29 is 13.9 Å². The highest BCUT2D eigenvalue weighted by atomic mass is 16.5. The number of carbonyl (C=O) groups is 1. The van der Waals surface area contributed by atoms with E-state index in [1.165, 1.54) is 0 Å². The lowest BCUT2D eigenvalue weighted by Gasteiger charge is -2.25. The number of nitrogens with zero attached hydrogens (tertiary/aromatic N) is 3. The van der Waals surface area contributed by atoms with Crippen LogP contribution in [-0.2, 0) is 11.3 Å². The Labute approximate surface area is 182 Å². The zero-order chi connectivity index (χ0) is 22.5. The Morgan fingerprint density at radius 1 is 1.29 bits per heavy atom. The summed E-state index contributed by atoms with van der Waals surface area (Å²) in [6.45, 7) is 6.49. The van der Waals surface area contributed by atoms with Crippen LogP contribution in [0.3, 0.4) is 0 Å². The van der Waals surface area contributed by atoms with E-state index >= 15 is 0 Å². The van der Waals surface area contributed by atoms with Gasteiger partial charge in [-0.1, -0.05) is 12.1 Å². The monoisotopic (exact) mass is 420 g/mol. The van der Waals surface area contributed by atoms with Crippen molar-refractivity contribution in [2.45, 2.75) is 33.4 Å². The van der Waals surface area contributed by atoms with Crippen molar-refractivity contribution in [2.75, 3.05) is 26.0 Å². The molecule has 1 aromatic carbocycles. The zero-order valence-corrected chi connectivity index (χ0v) is 18.6. The number of nitriles is 1. The van der Waals surface area contributed by atoms with E-state index in [9.17, 15) is 10.1 Å². The summed E-state index contributed by atoms with van der Waals surface area (Å²) in [6.07, 6.45) is 1.61. The van der Waals surface area contributed by atoms with Crippen molar-refractivity contribution in [3.8, 4) is 11.8 Å². The van der Waals surface area contributed by atoms with Crippen molar-refractivity contribution in [1.29, 1.82) is 5.26 Å². The molecule has 1 N–H and O–H groups in total. The van der Waals surface area contributed by atoms with Gasteiger partial charge in [0.2, 0.25) is 5.91 Å². The largest absolute Gasteiger partial charge is 0.497 e. The van der Waals surface area contributed by atoms with Gasteiger partial charge in [0.05, 0.1) is 32.0 Å². The molecule has 0 aliphatic rings. The maximum atomic E-state index is 12.9. The third kappa shape index (κ3) is 4.81. The van der Waals surface area contributed by atoms with E-state index in [4.69, 9.17) is 9.15 Å². The van der Waals surface area contributed by atoms with Crippen molar-refractivity contribution in [2.24, 2.45) is 0 Å². The van der Waals surface area contributed by atoms with E-state index in [0.29, 0.717) is 17.9 Å². The van der Waals surface area contributed by atoms with Gasteiger partial charge >= 0.3 is 0 Å². The molecule has 0 radical (unpaired) electrons. The molecule has 0 saturated heterocycles. The van der Waals surface area contributed by atoms with Gasteiger partial charge in [0.1, 0.15) is 23.4 Å². The van der Waals surface area contributed by atoms with Gasteiger partial charge in [0.25, 0.3) is 0 Å². The normalized spacial score (nSPS) is 11.9. The van der Waals surface area contributed by atoms with E-state index in [0.717, 1.165) is 28.3 Å². The highest BCUT2D eigenvalue weighted by Gasteiger charge is 2.22. The molecule has 31 heavy (non-hydrogen) atoms. The molecule has 0 fully saturated rings. The lowest BCUT2D eigenvalue weighted by atomic mass is 10.1. The van der Waals surface area contributed by atoms with Gasteiger partial charge in [-0.25, -0.2) is 0 Å². The Balaban J connectivity index is 1.76. The minimum atomic E-state index is -0.183. The van der Waals surface area contributed by atoms with Crippen molar-refractivity contribution in [3.63, 3.8) is 0 Å². The molecule has 1 amide bonds. The second-order valence-corrected chi connectivity index (χ2v) is 7.62. The van der Waals surface area contributed by atoms with Crippen LogP contribution in [0.1, 0.15) is 41.1 Å². The van der Waals surface area contributed by atoms with Gasteiger partial charge in [-0.3, -0.25) is 9.69 Å². The first-order chi connectivity index (χ1) is 14.8. The standard InChI is InChI=1S/C24H28N4O3/c1-16-17(2)28(14-21-7-6-12-31-21)24(22(16)13-25)26-23(29)15-27(4)18(3)19-8-10-20(30-5)11-9-19/h6-12,18H,14-15H2,1-5H3,(H,26,29). The number of ether oxygens (including phenoxy) is 1. The first-order valence-corrected chi connectivity index (χ1v) is 10.1. The Morgan fingerprint density at radius 3 is 2.58 bits per heavy atom. The predicted octanol–water partition coefficient (Wildman–Crippen LogP) is 4.26. The minimum Gasteiger partial charge on any atom is -0.497 e. The fourth-order valence-electron chi connectivity index (χ4n) is 3.56. The SMILES string of the molecule is COc1ccc(C(C)N(C)CC(=O)Nc2c(C#N)c(C)c(C)n2Cc2ccco2)cc1. The number of benzene rings is 1. The number of furan rings is 1. The summed E-state index contributed by atoms with van der Waals surface area (Å²) in [7, 11) is 3.54. The average molecular weight is 421 g/mol. The fourth-order valence-corrected chi connectivity index (χ4v) is 3.56. The molecule has 7 heteroatoms. The summed E-state index contributed by atoms with van der Waals surface area (Å²) < 4.78 is 12.6. The first-order valence-electron chi connectivity index (χ1n) is 10.1. The summed E-state index contributed by atoms with van der Waals surface area (Å²) in [4.78, 5) is 14.8. The van der Waals surface area contributed by atoms with Crippen LogP contribution in [0.2, 0.25) is 0 Å². The third-order valence-corrected chi connectivity index (χ3v) is 5.75. The highest BCUT2D eigenvalue weighted by molar-refractivity contribution is 5.93. The molecule has 2 aromatic heterocycles. The molecule has 2 heterocycles. The van der Waals surface area contributed by atoms with Crippen LogP contribution < -0.4 is 10.1 Å². The highest BCUT2D eigenvalue weighted by Crippen LogP contribution is 2.28. The Kier molecular flexibility index (Phi) is 6.83. The van der Waals surface area contributed by atoms with Crippen molar-refractivity contribution in [1.82, 2.24) is 9.47 Å². The van der Waals surface area contributed by atoms with Crippen LogP contribution >= 0.6 is 0 Å². The van der Waals surface area contributed by atoms with E-state index in [1.807, 2.05) is 73.7 Å². The number of anilines is 1. The molecule has 0 aliphatic heterocycles. The predicted molar refractivity (Wildman–Crippen MR) is 119 cm³/mol. The fraction of sp³-hybridized carbons (Fsp3) is 0.333. The second-order valence-electron chi connectivity index (χ2n) is 7.62. The van der Waals surface area contributed by atoms with E-state index < -0.39 is 0 Å². The maximum Gasteiger partial charge on any atom is 0.239 e. The molecule has 7 nitrogen and oxygen atoms in total. The topological polar surface area (TPSA) is 83.4 Å². The molecular formula is C24H28N4O3. The Morgan fingerprint density at radius 2 is 2.00 bits per heavy atom. The number of likely N-dealkylation sites (N-methyl/N-ethyl adjacent to an activating group) is 1. The number of hydrogen-bond donors (Lipinski definition) is 1. The molecule has 1 atom stereocenters. The molecule has 0 spiro atoms. The van der Waals surface area contributed by atoms with Gasteiger partial charge < -0.3 is 19.0 Å². The molecular weight excluding hydrogens is 392 g/mol. The van der Waals surface area contributed by atoms with Gasteiger partial charge in [0.15, 0.2) is 0 Å². The Bertz CT molecular complexity index is 1080. The number of carbonyl (C=O) groups excluding carboxylic acids is 1. The number of methoxy groups -OCH3 is 1. The van der Waals surface area contributed by atoms with Crippen LogP contribution in [0.15, 0.2) is 47.1 Å². The Hall–Kier alpha value is -3.50. The minimum absolute atomic E-state index is 0.0328. The number of rotatable bonds is 8.